The van der Waals surface area contributed by atoms with Gasteiger partial charge in [-0.2, -0.15) is 0 Å². The molecule has 1 aromatic heterocycles. The lowest BCUT2D eigenvalue weighted by Gasteiger charge is -2.35. The topological polar surface area (TPSA) is 36.4 Å². The van der Waals surface area contributed by atoms with E-state index in [0.717, 1.165) is 49.9 Å². The number of carbonyl (C=O) groups excluding carboxylic acids is 1. The van der Waals surface area contributed by atoms with Gasteiger partial charge in [-0.15, -0.1) is 0 Å². The van der Waals surface area contributed by atoms with Crippen molar-refractivity contribution in [2.45, 2.75) is 32.6 Å². The molecule has 0 radical (unpaired) electrons. The van der Waals surface area contributed by atoms with Gasteiger partial charge in [0.05, 0.1) is 5.69 Å². The van der Waals surface area contributed by atoms with Gasteiger partial charge in [0, 0.05) is 44.5 Å². The van der Waals surface area contributed by atoms with Crippen LogP contribution in [0.1, 0.15) is 42.1 Å². The van der Waals surface area contributed by atoms with Gasteiger partial charge in [0.15, 0.2) is 0 Å². The zero-order valence-electron chi connectivity index (χ0n) is 15.3. The summed E-state index contributed by atoms with van der Waals surface area (Å²) >= 11 is 6.20. The molecule has 4 rings (SSSR count). The van der Waals surface area contributed by atoms with Gasteiger partial charge < -0.3 is 9.80 Å². The molecule has 0 bridgehead atoms. The molecule has 1 unspecified atom stereocenters. The van der Waals surface area contributed by atoms with E-state index < -0.39 is 0 Å². The van der Waals surface area contributed by atoms with Crippen LogP contribution in [-0.2, 0) is 17.6 Å². The number of aromatic nitrogens is 1. The zero-order valence-corrected chi connectivity index (χ0v) is 16.1. The third-order valence-electron chi connectivity index (χ3n) is 5.63. The molecule has 5 heteroatoms. The van der Waals surface area contributed by atoms with Gasteiger partial charge in [-0.1, -0.05) is 30.7 Å². The Hall–Kier alpha value is -2.07. The van der Waals surface area contributed by atoms with Gasteiger partial charge in [-0.25, -0.2) is 4.98 Å². The maximum absolute atomic E-state index is 11.5. The maximum Gasteiger partial charge on any atom is 0.219 e. The average molecular weight is 370 g/mol. The molecule has 1 aromatic carbocycles. The van der Waals surface area contributed by atoms with Crippen LogP contribution in [0.25, 0.3) is 0 Å². The lowest BCUT2D eigenvalue weighted by Crippen LogP contribution is -2.48. The minimum atomic E-state index is 0.156. The van der Waals surface area contributed by atoms with Crippen molar-refractivity contribution in [3.63, 3.8) is 0 Å². The van der Waals surface area contributed by atoms with Crippen molar-refractivity contribution in [2.24, 2.45) is 0 Å². The SMILES string of the molecule is CC(=O)N1CCN(c2ccc3c(n2)Cc2ccc(Cl)cc2CC3C)CC1. The molecule has 4 nitrogen and oxygen atoms in total. The molecule has 0 spiro atoms. The first kappa shape index (κ1) is 17.3. The highest BCUT2D eigenvalue weighted by Gasteiger charge is 2.23. The van der Waals surface area contributed by atoms with Crippen LogP contribution in [-0.4, -0.2) is 42.0 Å². The Labute approximate surface area is 159 Å². The second-order valence-corrected chi connectivity index (χ2v) is 7.83. The normalized spacial score (nSPS) is 19.6. The molecular weight excluding hydrogens is 346 g/mol. The number of halogens is 1. The Morgan fingerprint density at radius 3 is 2.62 bits per heavy atom. The summed E-state index contributed by atoms with van der Waals surface area (Å²) in [6.45, 7) is 7.13. The average Bonchev–Trinajstić information content (AvgIpc) is 2.77. The molecule has 2 aromatic rings. The smallest absolute Gasteiger partial charge is 0.219 e. The van der Waals surface area contributed by atoms with Crippen LogP contribution in [0.15, 0.2) is 30.3 Å². The van der Waals surface area contributed by atoms with Gasteiger partial charge in [-0.3, -0.25) is 4.79 Å². The Balaban J connectivity index is 1.61. The second kappa shape index (κ2) is 6.92. The van der Waals surface area contributed by atoms with E-state index >= 15 is 0 Å². The Morgan fingerprint density at radius 1 is 1.12 bits per heavy atom. The molecule has 0 saturated carbocycles. The second-order valence-electron chi connectivity index (χ2n) is 7.39. The lowest BCUT2D eigenvalue weighted by molar-refractivity contribution is -0.129. The van der Waals surface area contributed by atoms with Gasteiger partial charge in [-0.05, 0) is 47.2 Å². The maximum atomic E-state index is 11.5. The summed E-state index contributed by atoms with van der Waals surface area (Å²) in [5.74, 6) is 1.61. The fraction of sp³-hybridized carbons (Fsp3) is 0.429. The number of amides is 1. The quantitative estimate of drug-likeness (QED) is 0.769. The highest BCUT2D eigenvalue weighted by Crippen LogP contribution is 2.33. The number of fused-ring (bicyclic) bond motifs is 2. The molecule has 2 heterocycles. The van der Waals surface area contributed by atoms with Crippen molar-refractivity contribution < 1.29 is 4.79 Å². The molecular formula is C21H24ClN3O. The number of pyridine rings is 1. The van der Waals surface area contributed by atoms with Crippen molar-refractivity contribution >= 4 is 23.3 Å². The first-order chi connectivity index (χ1) is 12.5. The summed E-state index contributed by atoms with van der Waals surface area (Å²) in [5.41, 5.74) is 5.17. The fourth-order valence-electron chi connectivity index (χ4n) is 4.09. The van der Waals surface area contributed by atoms with Crippen LogP contribution in [0.2, 0.25) is 5.02 Å². The molecule has 1 amide bonds. The van der Waals surface area contributed by atoms with Crippen LogP contribution in [0.5, 0.6) is 0 Å². The molecule has 1 fully saturated rings. The molecule has 1 saturated heterocycles. The predicted octanol–water partition coefficient (Wildman–Crippen LogP) is 3.65. The summed E-state index contributed by atoms with van der Waals surface area (Å²) in [5, 5.41) is 0.805. The van der Waals surface area contributed by atoms with Crippen molar-refractivity contribution in [1.29, 1.82) is 0 Å². The molecule has 2 aliphatic rings. The van der Waals surface area contributed by atoms with Crippen LogP contribution < -0.4 is 4.90 Å². The van der Waals surface area contributed by atoms with Crippen molar-refractivity contribution in [3.05, 3.63) is 57.7 Å². The summed E-state index contributed by atoms with van der Waals surface area (Å²) < 4.78 is 0. The van der Waals surface area contributed by atoms with Crippen molar-refractivity contribution in [1.82, 2.24) is 9.88 Å². The Bertz CT molecular complexity index is 843. The fourth-order valence-corrected chi connectivity index (χ4v) is 4.29. The van der Waals surface area contributed by atoms with Crippen molar-refractivity contribution in [2.75, 3.05) is 31.1 Å². The van der Waals surface area contributed by atoms with Crippen LogP contribution in [0, 0.1) is 0 Å². The number of carbonyl (C=O) groups is 1. The molecule has 26 heavy (non-hydrogen) atoms. The summed E-state index contributed by atoms with van der Waals surface area (Å²) in [7, 11) is 0. The zero-order chi connectivity index (χ0) is 18.3. The molecule has 1 aliphatic heterocycles. The minimum Gasteiger partial charge on any atom is -0.353 e. The summed E-state index contributed by atoms with van der Waals surface area (Å²) in [6, 6.07) is 10.6. The van der Waals surface area contributed by atoms with E-state index in [-0.39, 0.29) is 5.91 Å². The van der Waals surface area contributed by atoms with Crippen LogP contribution in [0.4, 0.5) is 5.82 Å². The summed E-state index contributed by atoms with van der Waals surface area (Å²) in [6.07, 6.45) is 1.86. The standard InChI is InChI=1S/C21H24ClN3O/c1-14-11-17-12-18(22)4-3-16(17)13-20-19(14)5-6-21(23-20)25-9-7-24(8-10-25)15(2)26/h3-6,12,14H,7-11,13H2,1-2H3. The molecule has 1 aliphatic carbocycles. The van der Waals surface area contributed by atoms with Gasteiger partial charge >= 0.3 is 0 Å². The largest absolute Gasteiger partial charge is 0.353 e. The van der Waals surface area contributed by atoms with E-state index in [1.165, 1.54) is 22.4 Å². The monoisotopic (exact) mass is 369 g/mol. The summed E-state index contributed by atoms with van der Waals surface area (Å²) in [4.78, 5) is 20.8. The first-order valence-corrected chi connectivity index (χ1v) is 9.66. The number of hydrogen-bond donors (Lipinski definition) is 0. The highest BCUT2D eigenvalue weighted by atomic mass is 35.5. The molecule has 1 atom stereocenters. The predicted molar refractivity (Wildman–Crippen MR) is 105 cm³/mol. The number of nitrogens with zero attached hydrogens (tertiary/aromatic N) is 3. The first-order valence-electron chi connectivity index (χ1n) is 9.29. The number of benzene rings is 1. The number of piperazine rings is 1. The Morgan fingerprint density at radius 2 is 1.88 bits per heavy atom. The van der Waals surface area contributed by atoms with E-state index in [1.54, 1.807) is 6.92 Å². The van der Waals surface area contributed by atoms with E-state index in [9.17, 15) is 4.79 Å². The molecule has 0 N–H and O–H groups in total. The third kappa shape index (κ3) is 3.30. The van der Waals surface area contributed by atoms with Crippen molar-refractivity contribution in [3.8, 4) is 0 Å². The van der Waals surface area contributed by atoms with Crippen LogP contribution >= 0.6 is 11.6 Å². The van der Waals surface area contributed by atoms with Gasteiger partial charge in [0.25, 0.3) is 0 Å². The number of rotatable bonds is 1. The van der Waals surface area contributed by atoms with E-state index in [4.69, 9.17) is 16.6 Å². The molecule has 136 valence electrons. The number of anilines is 1. The van der Waals surface area contributed by atoms with Gasteiger partial charge in [0.2, 0.25) is 5.91 Å². The van der Waals surface area contributed by atoms with Gasteiger partial charge in [0.1, 0.15) is 5.82 Å². The minimum absolute atomic E-state index is 0.156. The lowest BCUT2D eigenvalue weighted by atomic mass is 9.95. The van der Waals surface area contributed by atoms with E-state index in [1.807, 2.05) is 11.0 Å². The Kier molecular flexibility index (Phi) is 4.62. The highest BCUT2D eigenvalue weighted by molar-refractivity contribution is 6.30. The van der Waals surface area contributed by atoms with E-state index in [2.05, 4.69) is 36.1 Å². The third-order valence-corrected chi connectivity index (χ3v) is 5.86. The van der Waals surface area contributed by atoms with E-state index in [0.29, 0.717) is 5.92 Å². The van der Waals surface area contributed by atoms with Crippen LogP contribution in [0.3, 0.4) is 0 Å². The number of hydrogen-bond acceptors (Lipinski definition) is 3.